The summed E-state index contributed by atoms with van der Waals surface area (Å²) in [6, 6.07) is -0.940. The number of carbonyl (C=O) groups excluding carboxylic acids is 1. The highest BCUT2D eigenvalue weighted by molar-refractivity contribution is 7.80. The molecule has 0 bridgehead atoms. The van der Waals surface area contributed by atoms with Crippen molar-refractivity contribution in [3.05, 3.63) is 12.2 Å². The zero-order chi connectivity index (χ0) is 54.0. The van der Waals surface area contributed by atoms with Gasteiger partial charge in [-0.2, -0.15) is 8.42 Å². The molecule has 440 valence electrons. The Morgan fingerprint density at radius 2 is 0.851 bits per heavy atom. The molecule has 1 fully saturated rings. The summed E-state index contributed by atoms with van der Waals surface area (Å²) in [5.41, 5.74) is 0. The van der Waals surface area contributed by atoms with E-state index in [9.17, 15) is 38.2 Å². The van der Waals surface area contributed by atoms with E-state index in [1.807, 2.05) is 6.08 Å². The maximum atomic E-state index is 13.1. The fourth-order valence-corrected chi connectivity index (χ4v) is 11.0. The van der Waals surface area contributed by atoms with Gasteiger partial charge in [0.05, 0.1) is 25.4 Å². The van der Waals surface area contributed by atoms with Crippen molar-refractivity contribution in [3.63, 3.8) is 0 Å². The average Bonchev–Trinajstić information content (AvgIpc) is 3.38. The predicted octanol–water partition coefficient (Wildman–Crippen LogP) is 15.4. The van der Waals surface area contributed by atoms with Gasteiger partial charge in [0.25, 0.3) is 0 Å². The average molecular weight is 1070 g/mol. The van der Waals surface area contributed by atoms with Crippen LogP contribution in [0.15, 0.2) is 12.2 Å². The van der Waals surface area contributed by atoms with Crippen LogP contribution in [-0.2, 0) is 28.9 Å². The number of aliphatic hydroxyl groups is 4. The van der Waals surface area contributed by atoms with E-state index in [-0.39, 0.29) is 18.9 Å². The van der Waals surface area contributed by atoms with Gasteiger partial charge in [0.2, 0.25) is 5.91 Å². The van der Waals surface area contributed by atoms with Crippen LogP contribution in [0.25, 0.3) is 0 Å². The lowest BCUT2D eigenvalue weighted by molar-refractivity contribution is -0.298. The Labute approximate surface area is 455 Å². The first kappa shape index (κ1) is 70.9. The Bertz CT molecular complexity index is 1350. The van der Waals surface area contributed by atoms with Gasteiger partial charge in [-0.15, -0.1) is 0 Å². The molecule has 0 saturated carbocycles. The van der Waals surface area contributed by atoms with Gasteiger partial charge in [-0.3, -0.25) is 9.35 Å². The van der Waals surface area contributed by atoms with Crippen LogP contribution < -0.4 is 5.32 Å². The fraction of sp³-hybridized carbons (Fsp3) is 0.951. The minimum absolute atomic E-state index is 0.255. The number of hydrogen-bond donors (Lipinski definition) is 6. The van der Waals surface area contributed by atoms with E-state index in [2.05, 4.69) is 23.3 Å². The molecule has 7 atom stereocenters. The van der Waals surface area contributed by atoms with Crippen LogP contribution in [0.2, 0.25) is 0 Å². The first-order chi connectivity index (χ1) is 36.0. The Hall–Kier alpha value is -1.16. The molecule has 0 radical (unpaired) electrons. The summed E-state index contributed by atoms with van der Waals surface area (Å²) in [6.45, 7) is 3.44. The predicted molar refractivity (Wildman–Crippen MR) is 306 cm³/mol. The third-order valence-electron chi connectivity index (χ3n) is 15.3. The number of ether oxygens (including phenoxy) is 2. The summed E-state index contributed by atoms with van der Waals surface area (Å²) >= 11 is 0. The van der Waals surface area contributed by atoms with Crippen molar-refractivity contribution < 1.29 is 51.8 Å². The molecule has 1 heterocycles. The molecule has 1 saturated heterocycles. The number of unbranched alkanes of at least 4 members (excludes halogenated alkanes) is 44. The number of amides is 1. The van der Waals surface area contributed by atoms with E-state index in [1.54, 1.807) is 6.08 Å². The zero-order valence-corrected chi connectivity index (χ0v) is 48.8. The number of aliphatic hydroxyl groups excluding tert-OH is 4. The zero-order valence-electron chi connectivity index (χ0n) is 47.9. The molecule has 12 nitrogen and oxygen atoms in total. The summed E-state index contributed by atoms with van der Waals surface area (Å²) in [4.78, 5) is 13.1. The molecule has 6 N–H and O–H groups in total. The van der Waals surface area contributed by atoms with Gasteiger partial charge < -0.3 is 35.2 Å². The van der Waals surface area contributed by atoms with Gasteiger partial charge in [-0.25, -0.2) is 4.18 Å². The molecule has 1 rings (SSSR count). The number of carbonyl (C=O) groups is 1. The minimum atomic E-state index is -5.09. The van der Waals surface area contributed by atoms with Crippen molar-refractivity contribution in [2.75, 3.05) is 13.2 Å². The molecule has 0 spiro atoms. The first-order valence-electron chi connectivity index (χ1n) is 31.6. The molecule has 13 heteroatoms. The molecule has 74 heavy (non-hydrogen) atoms. The fourth-order valence-electron chi connectivity index (χ4n) is 10.5. The van der Waals surface area contributed by atoms with Crippen LogP contribution in [-0.4, -0.2) is 95.4 Å². The lowest BCUT2D eigenvalue weighted by atomic mass is 9.99. The highest BCUT2D eigenvalue weighted by Crippen LogP contribution is 2.26. The first-order valence-corrected chi connectivity index (χ1v) is 32.9. The van der Waals surface area contributed by atoms with Crippen LogP contribution in [0.4, 0.5) is 0 Å². The van der Waals surface area contributed by atoms with Gasteiger partial charge in [0.1, 0.15) is 24.4 Å². The topological polar surface area (TPSA) is 192 Å². The highest BCUT2D eigenvalue weighted by Gasteiger charge is 2.48. The second-order valence-corrected chi connectivity index (χ2v) is 23.4. The van der Waals surface area contributed by atoms with Crippen molar-refractivity contribution >= 4 is 16.3 Å². The maximum Gasteiger partial charge on any atom is 0.397 e. The second kappa shape index (κ2) is 51.3. The normalized spacial score (nSPS) is 19.1. The van der Waals surface area contributed by atoms with Gasteiger partial charge in [-0.1, -0.05) is 302 Å². The van der Waals surface area contributed by atoms with E-state index in [4.69, 9.17) is 9.47 Å². The van der Waals surface area contributed by atoms with Gasteiger partial charge >= 0.3 is 10.4 Å². The molecule has 1 amide bonds. The van der Waals surface area contributed by atoms with Gasteiger partial charge in [0.15, 0.2) is 6.29 Å². The van der Waals surface area contributed by atoms with Gasteiger partial charge in [-0.05, 0) is 19.3 Å². The van der Waals surface area contributed by atoms with Crippen LogP contribution in [0, 0.1) is 0 Å². The highest BCUT2D eigenvalue weighted by atomic mass is 32.3. The van der Waals surface area contributed by atoms with E-state index in [0.717, 1.165) is 38.5 Å². The van der Waals surface area contributed by atoms with Crippen molar-refractivity contribution in [1.29, 1.82) is 0 Å². The van der Waals surface area contributed by atoms with Crippen LogP contribution in [0.5, 0.6) is 0 Å². The molecule has 7 unspecified atom stereocenters. The van der Waals surface area contributed by atoms with Crippen LogP contribution >= 0.6 is 0 Å². The summed E-state index contributed by atoms with van der Waals surface area (Å²) in [5.74, 6) is -0.255. The smallest absolute Gasteiger partial charge is 0.394 e. The largest absolute Gasteiger partial charge is 0.397 e. The second-order valence-electron chi connectivity index (χ2n) is 22.4. The van der Waals surface area contributed by atoms with E-state index in [0.29, 0.717) is 6.42 Å². The van der Waals surface area contributed by atoms with Gasteiger partial charge in [0, 0.05) is 6.42 Å². The van der Waals surface area contributed by atoms with Crippen LogP contribution in [0.1, 0.15) is 316 Å². The lowest BCUT2D eigenvalue weighted by Gasteiger charge is -2.41. The third kappa shape index (κ3) is 42.8. The Morgan fingerprint density at radius 1 is 0.527 bits per heavy atom. The summed E-state index contributed by atoms with van der Waals surface area (Å²) in [6.07, 6.45) is 54.2. The van der Waals surface area contributed by atoms with Crippen molar-refractivity contribution in [1.82, 2.24) is 5.32 Å². The molecule has 0 aromatic heterocycles. The number of allylic oxidation sites excluding steroid dienone is 1. The molecule has 1 aliphatic rings. The molecule has 0 aromatic carbocycles. The lowest BCUT2D eigenvalue weighted by Crippen LogP contribution is -2.61. The SMILES string of the molecule is CCCCCCCCCCCCCCCC/C=C/C(O)C(COC1OC(CO)C(O)C(OS(=O)(=O)O)C1O)NC(=O)CCCCCCCCCCCCCCCCCCCCCCCCCCCCCCCCC. The van der Waals surface area contributed by atoms with E-state index >= 15 is 0 Å². The maximum absolute atomic E-state index is 13.1. The molecule has 0 aromatic rings. The number of rotatable bonds is 56. The third-order valence-corrected chi connectivity index (χ3v) is 15.8. The van der Waals surface area contributed by atoms with E-state index in [1.165, 1.54) is 250 Å². The molecule has 0 aliphatic carbocycles. The monoisotopic (exact) mass is 1070 g/mol. The molecular weight excluding hydrogens is 955 g/mol. The summed E-state index contributed by atoms with van der Waals surface area (Å²) < 4.78 is 47.9. The summed E-state index contributed by atoms with van der Waals surface area (Å²) in [7, 11) is -5.09. The Kier molecular flexibility index (Phi) is 49.1. The number of hydrogen-bond acceptors (Lipinski definition) is 10. The standard InChI is InChI=1S/C61H119NO11S/c1-3-5-7-9-11-13-15-17-19-21-22-23-24-25-26-27-28-29-30-31-32-33-34-35-37-39-41-43-45-47-49-51-57(65)62-54(53-71-61-59(67)60(73-74(68,69)70)58(66)56(52-63)72-61)55(64)50-48-46-44-42-40-38-36-20-18-16-14-12-10-8-6-4-2/h48,50,54-56,58-61,63-64,66-67H,3-47,49,51-53H2,1-2H3,(H,62,65)(H,68,69,70)/b50-48+. The van der Waals surface area contributed by atoms with Crippen molar-refractivity contribution in [2.45, 2.75) is 358 Å². The number of nitrogens with one attached hydrogen (secondary N) is 1. The summed E-state index contributed by atoms with van der Waals surface area (Å²) in [5, 5.41) is 45.0. The molecule has 1 aliphatic heterocycles. The minimum Gasteiger partial charge on any atom is -0.394 e. The van der Waals surface area contributed by atoms with Crippen molar-refractivity contribution in [3.8, 4) is 0 Å². The van der Waals surface area contributed by atoms with Crippen molar-refractivity contribution in [2.24, 2.45) is 0 Å². The van der Waals surface area contributed by atoms with Crippen LogP contribution in [0.3, 0.4) is 0 Å². The Morgan fingerprint density at radius 3 is 1.18 bits per heavy atom. The van der Waals surface area contributed by atoms with E-state index < -0.39 is 59.9 Å². The Balaban J connectivity index is 2.24. The quantitative estimate of drug-likeness (QED) is 0.0193. The molecular formula is C61H119NO11S.